The monoisotopic (exact) mass is 1370 g/mol. The molecule has 0 rings (SSSR count). The highest BCUT2D eigenvalue weighted by Crippen LogP contribution is 2.45. The molecule has 0 aromatic carbocycles. The van der Waals surface area contributed by atoms with E-state index in [4.69, 9.17) is 37.0 Å². The predicted octanol–water partition coefficient (Wildman–Crippen LogP) is 21.3. The molecule has 17 nitrogen and oxygen atoms in total. The van der Waals surface area contributed by atoms with Crippen LogP contribution in [0.1, 0.15) is 370 Å². The summed E-state index contributed by atoms with van der Waals surface area (Å²) in [6.07, 6.45) is 47.3. The van der Waals surface area contributed by atoms with Gasteiger partial charge in [-0.2, -0.15) is 0 Å². The molecule has 3 N–H and O–H groups in total. The first-order valence-electron chi connectivity index (χ1n) is 38.2. The summed E-state index contributed by atoms with van der Waals surface area (Å²) in [4.78, 5) is 72.7. The number of esters is 4. The van der Waals surface area contributed by atoms with E-state index < -0.39 is 97.5 Å². The van der Waals surface area contributed by atoms with Crippen LogP contribution in [0.4, 0.5) is 0 Å². The van der Waals surface area contributed by atoms with Gasteiger partial charge in [0, 0.05) is 25.7 Å². The van der Waals surface area contributed by atoms with Crippen LogP contribution >= 0.6 is 15.6 Å². The van der Waals surface area contributed by atoms with Crippen molar-refractivity contribution >= 4 is 39.5 Å². The van der Waals surface area contributed by atoms with Crippen molar-refractivity contribution in [3.63, 3.8) is 0 Å². The Balaban J connectivity index is 5.24. The molecule has 0 aliphatic rings. The van der Waals surface area contributed by atoms with Crippen molar-refractivity contribution in [1.29, 1.82) is 0 Å². The molecular formula is C74H144O17P2. The van der Waals surface area contributed by atoms with Gasteiger partial charge in [0.15, 0.2) is 12.2 Å². The Kier molecular flexibility index (Phi) is 62.2. The number of phosphoric ester groups is 2. The highest BCUT2D eigenvalue weighted by Gasteiger charge is 2.30. The number of hydrogen-bond donors (Lipinski definition) is 3. The number of aliphatic hydroxyl groups excluding tert-OH is 1. The SMILES string of the molecule is CC(C)CCCCCCCCCCCCCCCCCC(=O)O[C@H](COC(=O)CCCCCCCCCCCCCC(C)C)COP(=O)(O)OCC(O)COP(=O)(O)OC[C@@H](COC(=O)CCCCCCCCCCC(C)C)OC(=O)CCCCCCCCCC(C)C. The molecule has 0 fully saturated rings. The normalized spacial score (nSPS) is 14.2. The molecule has 5 atom stereocenters. The van der Waals surface area contributed by atoms with Crippen molar-refractivity contribution in [3.8, 4) is 0 Å². The molecule has 0 saturated carbocycles. The quantitative estimate of drug-likeness (QED) is 0.0222. The fraction of sp³-hybridized carbons (Fsp3) is 0.946. The van der Waals surface area contributed by atoms with Crippen molar-refractivity contribution in [1.82, 2.24) is 0 Å². The van der Waals surface area contributed by atoms with E-state index in [1.165, 1.54) is 173 Å². The molecule has 0 aromatic heterocycles. The maximum atomic E-state index is 13.1. The zero-order valence-electron chi connectivity index (χ0n) is 60.9. The van der Waals surface area contributed by atoms with Crippen molar-refractivity contribution in [2.24, 2.45) is 23.7 Å². The Morgan fingerprint density at radius 2 is 0.452 bits per heavy atom. The first-order valence-corrected chi connectivity index (χ1v) is 41.2. The molecule has 0 aliphatic carbocycles. The second-order valence-electron chi connectivity index (χ2n) is 28.6. The molecule has 0 aliphatic heterocycles. The Labute approximate surface area is 568 Å². The summed E-state index contributed by atoms with van der Waals surface area (Å²) in [6, 6.07) is 0. The van der Waals surface area contributed by atoms with Gasteiger partial charge in [0.05, 0.1) is 26.4 Å². The number of ether oxygens (including phenoxy) is 4. The number of aliphatic hydroxyl groups is 1. The van der Waals surface area contributed by atoms with Gasteiger partial charge in [-0.3, -0.25) is 37.3 Å². The summed E-state index contributed by atoms with van der Waals surface area (Å²) in [5.41, 5.74) is 0. The molecule has 0 saturated heterocycles. The van der Waals surface area contributed by atoms with E-state index in [2.05, 4.69) is 55.4 Å². The molecule has 0 bridgehead atoms. The van der Waals surface area contributed by atoms with Crippen LogP contribution in [0.3, 0.4) is 0 Å². The maximum absolute atomic E-state index is 13.1. The lowest BCUT2D eigenvalue weighted by atomic mass is 10.0. The van der Waals surface area contributed by atoms with Gasteiger partial charge in [-0.1, -0.05) is 319 Å². The third kappa shape index (κ3) is 68.4. The van der Waals surface area contributed by atoms with E-state index in [0.29, 0.717) is 31.6 Å². The van der Waals surface area contributed by atoms with Crippen molar-refractivity contribution in [2.45, 2.75) is 388 Å². The largest absolute Gasteiger partial charge is 0.472 e. The fourth-order valence-electron chi connectivity index (χ4n) is 11.2. The van der Waals surface area contributed by atoms with Crippen LogP contribution in [0.2, 0.25) is 0 Å². The van der Waals surface area contributed by atoms with Crippen LogP contribution in [0.15, 0.2) is 0 Å². The summed E-state index contributed by atoms with van der Waals surface area (Å²) >= 11 is 0. The topological polar surface area (TPSA) is 237 Å². The Morgan fingerprint density at radius 3 is 0.667 bits per heavy atom. The lowest BCUT2D eigenvalue weighted by molar-refractivity contribution is -0.161. The molecule has 0 spiro atoms. The number of carbonyl (C=O) groups is 4. The zero-order chi connectivity index (χ0) is 68.9. The zero-order valence-corrected chi connectivity index (χ0v) is 62.7. The van der Waals surface area contributed by atoms with E-state index in [0.717, 1.165) is 108 Å². The van der Waals surface area contributed by atoms with E-state index in [9.17, 15) is 43.2 Å². The molecule has 0 heterocycles. The van der Waals surface area contributed by atoms with Gasteiger partial charge >= 0.3 is 39.5 Å². The number of phosphoric acid groups is 2. The molecule has 552 valence electrons. The number of unbranched alkanes of at least 4 members (excludes halogenated alkanes) is 37. The highest BCUT2D eigenvalue weighted by atomic mass is 31.2. The van der Waals surface area contributed by atoms with Crippen molar-refractivity contribution < 1.29 is 80.2 Å². The average molecular weight is 1370 g/mol. The van der Waals surface area contributed by atoms with Crippen LogP contribution in [-0.4, -0.2) is 96.7 Å². The average Bonchev–Trinajstić information content (AvgIpc) is 1.72. The summed E-state index contributed by atoms with van der Waals surface area (Å²) in [5.74, 6) is 0.870. The first-order chi connectivity index (χ1) is 44.6. The van der Waals surface area contributed by atoms with Crippen LogP contribution in [0.5, 0.6) is 0 Å². The van der Waals surface area contributed by atoms with Crippen LogP contribution < -0.4 is 0 Å². The minimum absolute atomic E-state index is 0.103. The fourth-order valence-corrected chi connectivity index (χ4v) is 12.8. The Bertz CT molecular complexity index is 1830. The molecule has 3 unspecified atom stereocenters. The van der Waals surface area contributed by atoms with E-state index in [-0.39, 0.29) is 25.7 Å². The van der Waals surface area contributed by atoms with Crippen molar-refractivity contribution in [2.75, 3.05) is 39.6 Å². The van der Waals surface area contributed by atoms with Gasteiger partial charge in [-0.05, 0) is 49.4 Å². The lowest BCUT2D eigenvalue weighted by Gasteiger charge is -2.21. The molecule has 0 amide bonds. The molecule has 0 radical (unpaired) electrons. The molecular weight excluding hydrogens is 1220 g/mol. The van der Waals surface area contributed by atoms with Crippen LogP contribution in [-0.2, 0) is 65.4 Å². The summed E-state index contributed by atoms with van der Waals surface area (Å²) in [6.45, 7) is 14.1. The summed E-state index contributed by atoms with van der Waals surface area (Å²) < 4.78 is 68.4. The number of hydrogen-bond acceptors (Lipinski definition) is 15. The van der Waals surface area contributed by atoms with Crippen molar-refractivity contribution in [3.05, 3.63) is 0 Å². The van der Waals surface area contributed by atoms with Gasteiger partial charge in [0.1, 0.15) is 19.3 Å². The molecule has 19 heteroatoms. The molecule has 93 heavy (non-hydrogen) atoms. The Hall–Kier alpha value is -1.94. The van der Waals surface area contributed by atoms with Gasteiger partial charge in [-0.25, -0.2) is 9.13 Å². The third-order valence-electron chi connectivity index (χ3n) is 17.1. The van der Waals surface area contributed by atoms with E-state index in [1.54, 1.807) is 0 Å². The first kappa shape index (κ1) is 91.1. The Morgan fingerprint density at radius 1 is 0.269 bits per heavy atom. The third-order valence-corrected chi connectivity index (χ3v) is 19.0. The van der Waals surface area contributed by atoms with Gasteiger partial charge in [0.2, 0.25) is 0 Å². The van der Waals surface area contributed by atoms with E-state index >= 15 is 0 Å². The highest BCUT2D eigenvalue weighted by molar-refractivity contribution is 7.47. The number of rotatable bonds is 71. The van der Waals surface area contributed by atoms with Crippen LogP contribution in [0, 0.1) is 23.7 Å². The lowest BCUT2D eigenvalue weighted by Crippen LogP contribution is -2.30. The summed E-state index contributed by atoms with van der Waals surface area (Å²) in [5, 5.41) is 10.6. The summed E-state index contributed by atoms with van der Waals surface area (Å²) in [7, 11) is -9.91. The van der Waals surface area contributed by atoms with Crippen LogP contribution in [0.25, 0.3) is 0 Å². The van der Waals surface area contributed by atoms with Gasteiger partial charge in [-0.15, -0.1) is 0 Å². The van der Waals surface area contributed by atoms with E-state index in [1.807, 2.05) is 0 Å². The number of carbonyl (C=O) groups excluding carboxylic acids is 4. The van der Waals surface area contributed by atoms with Gasteiger partial charge < -0.3 is 33.8 Å². The van der Waals surface area contributed by atoms with Gasteiger partial charge in [0.25, 0.3) is 0 Å². The molecule has 0 aromatic rings. The smallest absolute Gasteiger partial charge is 0.462 e. The minimum Gasteiger partial charge on any atom is -0.462 e. The maximum Gasteiger partial charge on any atom is 0.472 e. The minimum atomic E-state index is -4.96. The second-order valence-corrected chi connectivity index (χ2v) is 31.5. The standard InChI is InChI=1S/C74H144O17P2/c1-64(2)50-42-34-26-19-15-12-10-9-11-13-17-22-32-40-48-56-73(78)90-69(60-84-71(76)54-46-38-30-21-18-14-16-20-27-35-43-51-65(3)4)62-88-92(80,81)86-58-68(75)59-87-93(82,83)89-63-70(91-74(79)57-49-41-33-25-29-37-45-53-67(7)8)61-85-72(77)55-47-39-31-24-23-28-36-44-52-66(5)6/h64-70,75H,9-63H2,1-8H3,(H,80,81)(H,82,83)/t68?,69-,70-/m1/s1. The predicted molar refractivity (Wildman–Crippen MR) is 377 cm³/mol. The second kappa shape index (κ2) is 63.5.